The molecule has 4 nitrogen and oxygen atoms in total. The van der Waals surface area contributed by atoms with Gasteiger partial charge in [-0.3, -0.25) is 9.69 Å². The molecular weight excluding hydrogens is 368 g/mol. The molecule has 6 heteroatoms. The zero-order valence-corrected chi connectivity index (χ0v) is 15.3. The van der Waals surface area contributed by atoms with E-state index >= 15 is 0 Å². The molecule has 1 aromatic carbocycles. The van der Waals surface area contributed by atoms with Crippen LogP contribution in [0.1, 0.15) is 18.4 Å². The second-order valence-corrected chi connectivity index (χ2v) is 6.48. The number of benzene rings is 1. The molecule has 1 fully saturated rings. The first-order valence-corrected chi connectivity index (χ1v) is 8.21. The van der Waals surface area contributed by atoms with Gasteiger partial charge >= 0.3 is 5.97 Å². The highest BCUT2D eigenvalue weighted by Crippen LogP contribution is 2.17. The topological polar surface area (TPSA) is 41.6 Å². The van der Waals surface area contributed by atoms with Crippen molar-refractivity contribution in [1.82, 2.24) is 10.2 Å². The van der Waals surface area contributed by atoms with Crippen LogP contribution in [0.2, 0.25) is 0 Å². The number of carbonyl (C=O) groups excluding carboxylic acids is 1. The van der Waals surface area contributed by atoms with Crippen LogP contribution in [0.3, 0.4) is 0 Å². The van der Waals surface area contributed by atoms with Crippen LogP contribution < -0.4 is 5.32 Å². The van der Waals surface area contributed by atoms with Crippen molar-refractivity contribution in [3.63, 3.8) is 0 Å². The smallest absolute Gasteiger partial charge is 0.319 e. The van der Waals surface area contributed by atoms with Crippen LogP contribution in [0.4, 0.5) is 0 Å². The molecule has 1 aliphatic rings. The number of hydrogen-bond donors (Lipinski definition) is 1. The summed E-state index contributed by atoms with van der Waals surface area (Å²) < 4.78 is 5.90. The van der Waals surface area contributed by atoms with Crippen molar-refractivity contribution >= 4 is 34.3 Å². The summed E-state index contributed by atoms with van der Waals surface area (Å²) in [7, 11) is 1.45. The first-order valence-electron chi connectivity index (χ1n) is 7.41. The SMILES string of the molecule is COC(=O)CN(Cc1cccc(Br)c1)CC1CCNCC1.Cl. The Morgan fingerprint density at radius 1 is 1.41 bits per heavy atom. The first-order chi connectivity index (χ1) is 10.2. The molecule has 0 bridgehead atoms. The van der Waals surface area contributed by atoms with Crippen LogP contribution in [-0.2, 0) is 16.1 Å². The van der Waals surface area contributed by atoms with Crippen molar-refractivity contribution in [2.75, 3.05) is 33.3 Å². The summed E-state index contributed by atoms with van der Waals surface area (Å²) in [6.07, 6.45) is 2.35. The van der Waals surface area contributed by atoms with Crippen LogP contribution in [-0.4, -0.2) is 44.2 Å². The molecule has 0 spiro atoms. The Kier molecular flexibility index (Phi) is 9.02. The zero-order valence-electron chi connectivity index (χ0n) is 12.9. The lowest BCUT2D eigenvalue weighted by Crippen LogP contribution is -2.38. The highest BCUT2D eigenvalue weighted by atomic mass is 79.9. The van der Waals surface area contributed by atoms with E-state index in [1.54, 1.807) is 0 Å². The Balaban J connectivity index is 0.00000242. The highest BCUT2D eigenvalue weighted by Gasteiger charge is 2.19. The third kappa shape index (κ3) is 6.65. The van der Waals surface area contributed by atoms with E-state index in [4.69, 9.17) is 4.74 Å². The molecule has 1 N–H and O–H groups in total. The summed E-state index contributed by atoms with van der Waals surface area (Å²) in [5, 5.41) is 3.38. The highest BCUT2D eigenvalue weighted by molar-refractivity contribution is 9.10. The minimum Gasteiger partial charge on any atom is -0.468 e. The molecule has 0 unspecified atom stereocenters. The predicted octanol–water partition coefficient (Wildman–Crippen LogP) is 2.85. The number of hydrogen-bond acceptors (Lipinski definition) is 4. The van der Waals surface area contributed by atoms with Gasteiger partial charge in [-0.15, -0.1) is 12.4 Å². The molecular formula is C16H24BrClN2O2. The lowest BCUT2D eigenvalue weighted by molar-refractivity contribution is -0.142. The normalized spacial score (nSPS) is 15.4. The maximum atomic E-state index is 11.6. The van der Waals surface area contributed by atoms with Gasteiger partial charge in [0.2, 0.25) is 0 Å². The van der Waals surface area contributed by atoms with E-state index < -0.39 is 0 Å². The van der Waals surface area contributed by atoms with E-state index in [0.29, 0.717) is 12.5 Å². The number of nitrogens with one attached hydrogen (secondary N) is 1. The number of piperidine rings is 1. The second-order valence-electron chi connectivity index (χ2n) is 5.57. The number of esters is 1. The fourth-order valence-corrected chi connectivity index (χ4v) is 3.20. The molecule has 0 atom stereocenters. The maximum absolute atomic E-state index is 11.6. The van der Waals surface area contributed by atoms with Gasteiger partial charge in [0.25, 0.3) is 0 Å². The summed E-state index contributed by atoms with van der Waals surface area (Å²) in [6.45, 7) is 4.23. The lowest BCUT2D eigenvalue weighted by Gasteiger charge is -2.29. The molecule has 0 aliphatic carbocycles. The maximum Gasteiger partial charge on any atom is 0.319 e. The van der Waals surface area contributed by atoms with Crippen LogP contribution >= 0.6 is 28.3 Å². The molecule has 124 valence electrons. The van der Waals surface area contributed by atoms with Gasteiger partial charge in [0.05, 0.1) is 13.7 Å². The minimum absolute atomic E-state index is 0. The van der Waals surface area contributed by atoms with Gasteiger partial charge in [-0.05, 0) is 49.5 Å². The molecule has 22 heavy (non-hydrogen) atoms. The number of methoxy groups -OCH3 is 1. The summed E-state index contributed by atoms with van der Waals surface area (Å²) in [6, 6.07) is 8.24. The Hall–Kier alpha value is -0.620. The van der Waals surface area contributed by atoms with Gasteiger partial charge < -0.3 is 10.1 Å². The second kappa shape index (κ2) is 10.2. The quantitative estimate of drug-likeness (QED) is 0.757. The average Bonchev–Trinajstić information content (AvgIpc) is 2.48. The van der Waals surface area contributed by atoms with E-state index in [1.807, 2.05) is 12.1 Å². The monoisotopic (exact) mass is 390 g/mol. The van der Waals surface area contributed by atoms with E-state index in [1.165, 1.54) is 25.5 Å². The summed E-state index contributed by atoms with van der Waals surface area (Å²) in [5.41, 5.74) is 1.21. The Labute approximate surface area is 147 Å². The van der Waals surface area contributed by atoms with Crippen LogP contribution in [0.25, 0.3) is 0 Å². The molecule has 1 saturated heterocycles. The van der Waals surface area contributed by atoms with Crippen LogP contribution in [0.15, 0.2) is 28.7 Å². The fraction of sp³-hybridized carbons (Fsp3) is 0.562. The van der Waals surface area contributed by atoms with Gasteiger partial charge in [-0.1, -0.05) is 28.1 Å². The summed E-state index contributed by atoms with van der Waals surface area (Å²) >= 11 is 3.50. The van der Waals surface area contributed by atoms with Crippen LogP contribution in [0, 0.1) is 5.92 Å². The lowest BCUT2D eigenvalue weighted by atomic mass is 9.97. The standard InChI is InChI=1S/C16H23BrN2O2.ClH/c1-21-16(20)12-19(10-13-5-7-18-8-6-13)11-14-3-2-4-15(17)9-14;/h2-4,9,13,18H,5-8,10-12H2,1H3;1H. The number of rotatable bonds is 6. The van der Waals surface area contributed by atoms with Crippen molar-refractivity contribution in [1.29, 1.82) is 0 Å². The Morgan fingerprint density at radius 3 is 2.77 bits per heavy atom. The van der Waals surface area contributed by atoms with Gasteiger partial charge in [-0.25, -0.2) is 0 Å². The Morgan fingerprint density at radius 2 is 2.14 bits per heavy atom. The van der Waals surface area contributed by atoms with E-state index in [0.717, 1.165) is 30.7 Å². The number of halogens is 2. The number of nitrogens with zero attached hydrogens (tertiary/aromatic N) is 1. The molecule has 2 rings (SSSR count). The predicted molar refractivity (Wildman–Crippen MR) is 94.3 cm³/mol. The molecule has 0 aromatic heterocycles. The van der Waals surface area contributed by atoms with Crippen molar-refractivity contribution in [3.8, 4) is 0 Å². The van der Waals surface area contributed by atoms with Gasteiger partial charge in [-0.2, -0.15) is 0 Å². The Bertz CT molecular complexity index is 467. The van der Waals surface area contributed by atoms with Crippen molar-refractivity contribution < 1.29 is 9.53 Å². The van der Waals surface area contributed by atoms with E-state index in [2.05, 4.69) is 38.3 Å². The third-order valence-corrected chi connectivity index (χ3v) is 4.34. The molecule has 1 aromatic rings. The van der Waals surface area contributed by atoms with Gasteiger partial charge in [0.15, 0.2) is 0 Å². The zero-order chi connectivity index (χ0) is 15.1. The molecule has 0 saturated carbocycles. The van der Waals surface area contributed by atoms with Crippen molar-refractivity contribution in [3.05, 3.63) is 34.3 Å². The molecule has 1 aliphatic heterocycles. The largest absolute Gasteiger partial charge is 0.468 e. The first kappa shape index (κ1) is 19.4. The molecule has 0 amide bonds. The number of ether oxygens (including phenoxy) is 1. The van der Waals surface area contributed by atoms with Crippen LogP contribution in [0.5, 0.6) is 0 Å². The molecule has 1 heterocycles. The molecule has 0 radical (unpaired) electrons. The average molecular weight is 392 g/mol. The number of carbonyl (C=O) groups is 1. The minimum atomic E-state index is -0.168. The third-order valence-electron chi connectivity index (χ3n) is 3.85. The van der Waals surface area contributed by atoms with E-state index in [9.17, 15) is 4.79 Å². The van der Waals surface area contributed by atoms with Crippen molar-refractivity contribution in [2.45, 2.75) is 19.4 Å². The van der Waals surface area contributed by atoms with Gasteiger partial charge in [0.1, 0.15) is 0 Å². The van der Waals surface area contributed by atoms with Gasteiger partial charge in [0, 0.05) is 17.6 Å². The van der Waals surface area contributed by atoms with E-state index in [-0.39, 0.29) is 18.4 Å². The summed E-state index contributed by atoms with van der Waals surface area (Å²) in [5.74, 6) is 0.488. The summed E-state index contributed by atoms with van der Waals surface area (Å²) in [4.78, 5) is 13.8. The van der Waals surface area contributed by atoms with Crippen molar-refractivity contribution in [2.24, 2.45) is 5.92 Å². The fourth-order valence-electron chi connectivity index (χ4n) is 2.76.